The molecule has 1 aliphatic carbocycles. The van der Waals surface area contributed by atoms with Crippen LogP contribution in [0.15, 0.2) is 29.2 Å². The monoisotopic (exact) mass is 350 g/mol. The van der Waals surface area contributed by atoms with Crippen LogP contribution in [0, 0.1) is 0 Å². The summed E-state index contributed by atoms with van der Waals surface area (Å²) in [4.78, 5) is 11.2. The molecule has 3 N–H and O–H groups in total. The van der Waals surface area contributed by atoms with Gasteiger partial charge in [0.2, 0.25) is 5.95 Å². The average molecular weight is 350 g/mol. The molecule has 2 heterocycles. The van der Waals surface area contributed by atoms with Crippen molar-refractivity contribution in [2.75, 3.05) is 18.0 Å². The Morgan fingerprint density at radius 3 is 2.79 bits per heavy atom. The second-order valence-corrected chi connectivity index (χ2v) is 6.82. The number of hydrogen-bond acceptors (Lipinski definition) is 6. The SMILES string of the molecule is NSc1cccc(-c2nc(N3CC(O)C3)nc3c2CCC3(F)F)c1. The van der Waals surface area contributed by atoms with Crippen LogP contribution in [0.3, 0.4) is 0 Å². The number of halogens is 2. The summed E-state index contributed by atoms with van der Waals surface area (Å²) in [6.45, 7) is 0.727. The van der Waals surface area contributed by atoms with Crippen molar-refractivity contribution in [2.24, 2.45) is 5.14 Å². The molecule has 8 heteroatoms. The van der Waals surface area contributed by atoms with E-state index in [0.29, 0.717) is 24.3 Å². The van der Waals surface area contributed by atoms with Crippen LogP contribution in [0.4, 0.5) is 14.7 Å². The molecule has 126 valence electrons. The molecular weight excluding hydrogens is 334 g/mol. The number of anilines is 1. The highest BCUT2D eigenvalue weighted by Crippen LogP contribution is 2.44. The lowest BCUT2D eigenvalue weighted by atomic mass is 10.0. The van der Waals surface area contributed by atoms with Crippen LogP contribution in [0.1, 0.15) is 17.7 Å². The molecule has 1 fully saturated rings. The smallest absolute Gasteiger partial charge is 0.290 e. The van der Waals surface area contributed by atoms with Gasteiger partial charge in [0.05, 0.1) is 11.8 Å². The van der Waals surface area contributed by atoms with Crippen molar-refractivity contribution < 1.29 is 13.9 Å². The first-order chi connectivity index (χ1) is 11.5. The number of aromatic nitrogens is 2. The molecule has 1 aromatic carbocycles. The van der Waals surface area contributed by atoms with Gasteiger partial charge in [-0.15, -0.1) is 0 Å². The van der Waals surface area contributed by atoms with Gasteiger partial charge in [-0.05, 0) is 30.5 Å². The first-order valence-electron chi connectivity index (χ1n) is 7.67. The van der Waals surface area contributed by atoms with Crippen LogP contribution in [0.25, 0.3) is 11.3 Å². The van der Waals surface area contributed by atoms with Crippen molar-refractivity contribution in [1.29, 1.82) is 0 Å². The van der Waals surface area contributed by atoms with Gasteiger partial charge < -0.3 is 10.0 Å². The summed E-state index contributed by atoms with van der Waals surface area (Å²) < 4.78 is 28.5. The van der Waals surface area contributed by atoms with E-state index in [1.807, 2.05) is 24.3 Å². The second kappa shape index (κ2) is 5.65. The third kappa shape index (κ3) is 2.54. The zero-order valence-corrected chi connectivity index (χ0v) is 13.6. The fourth-order valence-electron chi connectivity index (χ4n) is 3.13. The van der Waals surface area contributed by atoms with Gasteiger partial charge in [-0.25, -0.2) is 9.97 Å². The predicted octanol–water partition coefficient (Wildman–Crippen LogP) is 2.33. The molecule has 0 amide bonds. The summed E-state index contributed by atoms with van der Waals surface area (Å²) in [6.07, 6.45) is -0.454. The Hall–Kier alpha value is -1.77. The molecule has 0 bridgehead atoms. The van der Waals surface area contributed by atoms with E-state index in [-0.39, 0.29) is 24.5 Å². The van der Waals surface area contributed by atoms with E-state index in [9.17, 15) is 13.9 Å². The van der Waals surface area contributed by atoms with Crippen LogP contribution >= 0.6 is 11.9 Å². The molecular formula is C16H16F2N4OS. The standard InChI is InChI=1S/C16H16F2N4OS/c17-16(18)5-4-12-13(9-2-1-3-11(6-9)24-19)20-15(21-14(12)16)22-7-10(23)8-22/h1-3,6,10,23H,4-5,7-8,19H2. The zero-order chi connectivity index (χ0) is 16.9. The maximum atomic E-state index is 14.2. The number of nitrogens with zero attached hydrogens (tertiary/aromatic N) is 3. The van der Waals surface area contributed by atoms with Gasteiger partial charge in [-0.3, -0.25) is 5.14 Å². The van der Waals surface area contributed by atoms with Crippen molar-refractivity contribution in [3.05, 3.63) is 35.5 Å². The van der Waals surface area contributed by atoms with Gasteiger partial charge in [-0.2, -0.15) is 8.78 Å². The number of rotatable bonds is 3. The minimum atomic E-state index is -2.94. The quantitative estimate of drug-likeness (QED) is 0.828. The topological polar surface area (TPSA) is 75.3 Å². The third-order valence-electron chi connectivity index (χ3n) is 4.42. The van der Waals surface area contributed by atoms with E-state index in [4.69, 9.17) is 5.14 Å². The molecule has 24 heavy (non-hydrogen) atoms. The maximum absolute atomic E-state index is 14.2. The van der Waals surface area contributed by atoms with E-state index in [1.54, 1.807) is 4.90 Å². The molecule has 1 saturated heterocycles. The summed E-state index contributed by atoms with van der Waals surface area (Å²) in [7, 11) is 0. The van der Waals surface area contributed by atoms with Crippen LogP contribution < -0.4 is 10.0 Å². The first-order valence-corrected chi connectivity index (χ1v) is 8.55. The van der Waals surface area contributed by atoms with E-state index >= 15 is 0 Å². The highest BCUT2D eigenvalue weighted by atomic mass is 32.2. The lowest BCUT2D eigenvalue weighted by molar-refractivity contribution is -0.00596. The van der Waals surface area contributed by atoms with Crippen LogP contribution in [0.2, 0.25) is 0 Å². The molecule has 1 aliphatic heterocycles. The van der Waals surface area contributed by atoms with E-state index < -0.39 is 12.0 Å². The zero-order valence-electron chi connectivity index (χ0n) is 12.7. The molecule has 0 unspecified atom stereocenters. The first kappa shape index (κ1) is 15.7. The average Bonchev–Trinajstić information content (AvgIpc) is 2.86. The number of aliphatic hydroxyl groups excluding tert-OH is 1. The molecule has 5 nitrogen and oxygen atoms in total. The van der Waals surface area contributed by atoms with Gasteiger partial charge in [0.15, 0.2) is 0 Å². The van der Waals surface area contributed by atoms with E-state index in [0.717, 1.165) is 22.4 Å². The maximum Gasteiger partial charge on any atom is 0.290 e. The van der Waals surface area contributed by atoms with Crippen molar-refractivity contribution >= 4 is 17.9 Å². The molecule has 0 radical (unpaired) electrons. The minimum Gasteiger partial charge on any atom is -0.389 e. The molecule has 4 rings (SSSR count). The lowest BCUT2D eigenvalue weighted by Gasteiger charge is -2.36. The molecule has 1 aromatic heterocycles. The molecule has 0 spiro atoms. The van der Waals surface area contributed by atoms with Gasteiger partial charge >= 0.3 is 0 Å². The van der Waals surface area contributed by atoms with Crippen LogP contribution in [-0.2, 0) is 12.3 Å². The third-order valence-corrected chi connectivity index (χ3v) is 4.95. The van der Waals surface area contributed by atoms with Crippen molar-refractivity contribution in [3.8, 4) is 11.3 Å². The Labute approximate surface area is 142 Å². The number of aliphatic hydroxyl groups is 1. The Morgan fingerprint density at radius 1 is 1.29 bits per heavy atom. The lowest BCUT2D eigenvalue weighted by Crippen LogP contribution is -2.51. The highest BCUT2D eigenvalue weighted by molar-refractivity contribution is 7.97. The Morgan fingerprint density at radius 2 is 2.08 bits per heavy atom. The summed E-state index contributed by atoms with van der Waals surface area (Å²) >= 11 is 1.10. The number of β-amino-alcohol motifs (C(OH)–C–C–N with tert-alkyl or cyclic N) is 1. The normalized spacial score (nSPS) is 19.2. The van der Waals surface area contributed by atoms with Crippen molar-refractivity contribution in [1.82, 2.24) is 9.97 Å². The van der Waals surface area contributed by atoms with Gasteiger partial charge in [0, 0.05) is 35.5 Å². The summed E-state index contributed by atoms with van der Waals surface area (Å²) in [5, 5.41) is 15.1. The van der Waals surface area contributed by atoms with Gasteiger partial charge in [0.1, 0.15) is 5.69 Å². The number of fused-ring (bicyclic) bond motifs is 1. The number of nitrogens with two attached hydrogens (primary N) is 1. The Balaban J connectivity index is 1.86. The molecule has 0 atom stereocenters. The van der Waals surface area contributed by atoms with Crippen molar-refractivity contribution in [3.63, 3.8) is 0 Å². The fourth-order valence-corrected chi connectivity index (χ4v) is 3.48. The summed E-state index contributed by atoms with van der Waals surface area (Å²) in [6, 6.07) is 7.38. The Bertz CT molecular complexity index is 796. The summed E-state index contributed by atoms with van der Waals surface area (Å²) in [5.41, 5.74) is 1.60. The predicted molar refractivity (Wildman–Crippen MR) is 87.9 cm³/mol. The molecule has 0 saturated carbocycles. The number of benzene rings is 1. The highest BCUT2D eigenvalue weighted by Gasteiger charge is 2.44. The minimum absolute atomic E-state index is 0.185. The van der Waals surface area contributed by atoms with Crippen LogP contribution in [0.5, 0.6) is 0 Å². The van der Waals surface area contributed by atoms with Gasteiger partial charge in [0.25, 0.3) is 5.92 Å². The fraction of sp³-hybridized carbons (Fsp3) is 0.375. The molecule has 2 aromatic rings. The van der Waals surface area contributed by atoms with Crippen LogP contribution in [-0.4, -0.2) is 34.3 Å². The number of hydrogen-bond donors (Lipinski definition) is 2. The second-order valence-electron chi connectivity index (χ2n) is 6.11. The molecule has 2 aliphatic rings. The van der Waals surface area contributed by atoms with Crippen molar-refractivity contribution in [2.45, 2.75) is 29.8 Å². The van der Waals surface area contributed by atoms with E-state index in [2.05, 4.69) is 9.97 Å². The number of alkyl halides is 2. The largest absolute Gasteiger partial charge is 0.389 e. The Kier molecular flexibility index (Phi) is 3.70. The summed E-state index contributed by atoms with van der Waals surface area (Å²) in [5.74, 6) is -2.69. The van der Waals surface area contributed by atoms with E-state index in [1.165, 1.54) is 0 Å². The van der Waals surface area contributed by atoms with Gasteiger partial charge in [-0.1, -0.05) is 12.1 Å².